The Morgan fingerprint density at radius 2 is 1.22 bits per heavy atom. The van der Waals surface area contributed by atoms with E-state index < -0.39 is 16.8 Å². The zero-order valence-electron chi connectivity index (χ0n) is 4.37. The Balaban J connectivity index is -0.0000000720. The molecule has 0 radical (unpaired) electrons. The van der Waals surface area contributed by atoms with Gasteiger partial charge in [0.05, 0.1) is 10.8 Å². The van der Waals surface area contributed by atoms with Gasteiger partial charge in [-0.1, -0.05) is 0 Å². The van der Waals surface area contributed by atoms with Crippen LogP contribution in [0.3, 0.4) is 0 Å². The van der Waals surface area contributed by atoms with E-state index >= 15 is 0 Å². The molecule has 0 aliphatic rings. The van der Waals surface area contributed by atoms with Crippen molar-refractivity contribution in [1.29, 1.82) is 0 Å². The summed E-state index contributed by atoms with van der Waals surface area (Å²) in [6, 6.07) is -0.833. The fraction of sp³-hybridized carbons (Fsp3) is 0. The van der Waals surface area contributed by atoms with Gasteiger partial charge >= 0.3 is 29.1 Å². The van der Waals surface area contributed by atoms with E-state index in [9.17, 15) is 0 Å². The Morgan fingerprint density at radius 1 is 1.22 bits per heavy atom. The zero-order chi connectivity index (χ0) is 7.15. The summed E-state index contributed by atoms with van der Waals surface area (Å²) in [4.78, 5) is 9.00. The molecule has 0 fully saturated rings. The minimum atomic E-state index is -2.85. The quantitative estimate of drug-likeness (QED) is 0.349. The van der Waals surface area contributed by atoms with Gasteiger partial charge in [0.1, 0.15) is 0 Å². The van der Waals surface area contributed by atoms with Crippen LogP contribution in [0.1, 0.15) is 0 Å². The largest absolute Gasteiger partial charge is 2.00 e. The first-order valence-electron chi connectivity index (χ1n) is 1.24. The van der Waals surface area contributed by atoms with Crippen LogP contribution in [-0.2, 0) is 0 Å². The van der Waals surface area contributed by atoms with Crippen LogP contribution in [0.5, 0.6) is 0 Å². The van der Waals surface area contributed by atoms with Gasteiger partial charge < -0.3 is 25.4 Å². The van der Waals surface area contributed by atoms with E-state index in [4.69, 9.17) is 18.8 Å². The van der Waals surface area contributed by atoms with Crippen molar-refractivity contribution >= 4 is 29.1 Å². The summed E-state index contributed by atoms with van der Waals surface area (Å²) in [5.74, 6) is 0. The van der Waals surface area contributed by atoms with Crippen LogP contribution in [0.15, 0.2) is 0 Å². The Hall–Kier alpha value is 0.206. The molecule has 8 heteroatoms. The predicted octanol–water partition coefficient (Wildman–Crippen LogP) is -4.92. The third-order valence-corrected chi connectivity index (χ3v) is 0. The topological polar surface area (TPSA) is 138 Å². The van der Waals surface area contributed by atoms with E-state index in [1.807, 2.05) is 0 Å². The molecule has 0 aromatic carbocycles. The molecular weight excluding hydrogens is 164 g/mol. The van der Waals surface area contributed by atoms with E-state index in [2.05, 4.69) is 11.5 Å². The van der Waals surface area contributed by atoms with Crippen molar-refractivity contribution in [2.45, 2.75) is 0 Å². The molecule has 2 amide bonds. The molecule has 0 bridgehead atoms. The first-order valence-corrected chi connectivity index (χ1v) is 2.17. The molecule has 0 atom stereocenters. The fourth-order valence-electron chi connectivity index (χ4n) is 0. The van der Waals surface area contributed by atoms with Crippen LogP contribution in [-0.4, -0.2) is 29.1 Å². The number of primary amides is 2. The van der Waals surface area contributed by atoms with Crippen molar-refractivity contribution in [3.8, 4) is 0 Å². The number of urea groups is 1. The summed E-state index contributed by atoms with van der Waals surface area (Å²) in [7, 11) is -2.85. The van der Waals surface area contributed by atoms with Gasteiger partial charge in [0.15, 0.2) is 0 Å². The van der Waals surface area contributed by atoms with Gasteiger partial charge in [-0.2, -0.15) is 0 Å². The van der Waals surface area contributed by atoms with Crippen molar-refractivity contribution in [1.82, 2.24) is 0 Å². The average molecular weight is 168 g/mol. The van der Waals surface area contributed by atoms with E-state index in [0.717, 1.165) is 0 Å². The molecule has 0 saturated heterocycles. The van der Waals surface area contributed by atoms with Crippen LogP contribution in [0, 0.1) is 10.8 Å². The van der Waals surface area contributed by atoms with Crippen molar-refractivity contribution in [2.75, 3.05) is 0 Å². The molecule has 0 aliphatic carbocycles. The summed E-state index contributed by atoms with van der Waals surface area (Å²) in [6.45, 7) is 0. The number of hydrogen-bond acceptors (Lipinski definition) is 4. The predicted molar refractivity (Wildman–Crippen MR) is 19.5 cm³/mol. The van der Waals surface area contributed by atoms with Gasteiger partial charge in [0.2, 0.25) is 0 Å². The Labute approximate surface area is 70.4 Å². The normalized spacial score (nSPS) is 6.67. The summed E-state index contributed by atoms with van der Waals surface area (Å²) in [5.41, 5.74) is 8.50. The maximum atomic E-state index is 9.00. The molecule has 0 aromatic heterocycles. The first kappa shape index (κ1) is 16.1. The van der Waals surface area contributed by atoms with Crippen LogP contribution in [0.2, 0.25) is 0 Å². The average Bonchev–Trinajstić information content (AvgIpc) is 1.25. The molecule has 0 rings (SSSR count). The zero-order valence-corrected chi connectivity index (χ0v) is 6.54. The molecule has 9 heavy (non-hydrogen) atoms. The molecular formula is CH4ClMgN2O4+. The molecule has 4 N–H and O–H groups in total. The maximum absolute atomic E-state index is 9.00. The van der Waals surface area contributed by atoms with Crippen molar-refractivity contribution < 1.29 is 29.6 Å². The van der Waals surface area contributed by atoms with Gasteiger partial charge in [-0.05, 0) is 0 Å². The van der Waals surface area contributed by atoms with Gasteiger partial charge in [0.25, 0.3) is 0 Å². The number of amides is 2. The fourth-order valence-corrected chi connectivity index (χ4v) is 0. The summed E-state index contributed by atoms with van der Waals surface area (Å²) in [6.07, 6.45) is 0. The van der Waals surface area contributed by atoms with Crippen LogP contribution in [0.25, 0.3) is 0 Å². The van der Waals surface area contributed by atoms with E-state index in [1.165, 1.54) is 0 Å². The maximum Gasteiger partial charge on any atom is 2.00 e. The molecule has 0 heterocycles. The monoisotopic (exact) mass is 167 g/mol. The van der Waals surface area contributed by atoms with E-state index in [0.29, 0.717) is 0 Å². The smallest absolute Gasteiger partial charge is 0.357 e. The van der Waals surface area contributed by atoms with Gasteiger partial charge in [0, 0.05) is 0 Å². The molecule has 0 aromatic rings. The molecule has 0 saturated carbocycles. The van der Waals surface area contributed by atoms with Gasteiger partial charge in [-0.25, -0.2) is 4.79 Å². The second kappa shape index (κ2) is 11.1. The summed E-state index contributed by atoms with van der Waals surface area (Å²) >= 11 is 0. The number of halogens is 1. The third-order valence-electron chi connectivity index (χ3n) is 0. The number of carbonyl (C=O) groups is 1. The first-order chi connectivity index (χ1) is 3.46. The molecule has 0 unspecified atom stereocenters. The number of carbonyl (C=O) groups excluding carboxylic acids is 1. The molecule has 0 aliphatic heterocycles. The second-order valence-electron chi connectivity index (χ2n) is 0.591. The second-order valence-corrected chi connectivity index (χ2v) is 0.969. The number of hydrogen-bond donors (Lipinski definition) is 2. The Morgan fingerprint density at radius 3 is 1.22 bits per heavy atom. The van der Waals surface area contributed by atoms with Crippen LogP contribution < -0.4 is 25.4 Å². The minimum absolute atomic E-state index is 0. The number of rotatable bonds is 0. The van der Waals surface area contributed by atoms with E-state index in [1.54, 1.807) is 0 Å². The van der Waals surface area contributed by atoms with Crippen LogP contribution in [0.4, 0.5) is 4.79 Å². The summed E-state index contributed by atoms with van der Waals surface area (Å²) in [5, 5.41) is 0. The molecule has 50 valence electrons. The van der Waals surface area contributed by atoms with Gasteiger partial charge in [-0.3, -0.25) is 0 Å². The van der Waals surface area contributed by atoms with Crippen molar-refractivity contribution in [3.63, 3.8) is 0 Å². The summed E-state index contributed by atoms with van der Waals surface area (Å²) < 4.78 is 25.2. The Kier molecular flexibility index (Phi) is 19.8. The minimum Gasteiger partial charge on any atom is -0.357 e. The molecule has 0 spiro atoms. The number of nitrogens with two attached hydrogens (primary N) is 2. The van der Waals surface area contributed by atoms with Crippen LogP contribution >= 0.6 is 0 Å². The SMILES string of the molecule is NC(N)=O.[Mg+2].[O-][Cl+2]([O-])[O-]. The molecule has 6 nitrogen and oxygen atoms in total. The van der Waals surface area contributed by atoms with Gasteiger partial charge in [-0.15, -0.1) is 0 Å². The third kappa shape index (κ3) is 7430. The van der Waals surface area contributed by atoms with Crippen molar-refractivity contribution in [3.05, 3.63) is 0 Å². The van der Waals surface area contributed by atoms with Crippen molar-refractivity contribution in [2.24, 2.45) is 11.5 Å². The van der Waals surface area contributed by atoms with E-state index in [-0.39, 0.29) is 23.1 Å². The standard InChI is InChI=1S/CH4N2O.ClO3.Mg/c2*2-1(3)4;/h(H4,2,3,4);;/q;-1;+2. The Bertz CT molecular complexity index is 62.8.